The van der Waals surface area contributed by atoms with Crippen molar-refractivity contribution in [2.45, 2.75) is 12.5 Å². The smallest absolute Gasteiger partial charge is 0.295 e. The van der Waals surface area contributed by atoms with Crippen LogP contribution in [0.2, 0.25) is 0 Å². The molecule has 1 N–H and O–H groups in total. The third-order valence-corrected chi connectivity index (χ3v) is 6.07. The van der Waals surface area contributed by atoms with Crippen molar-refractivity contribution in [2.75, 3.05) is 34.5 Å². The van der Waals surface area contributed by atoms with E-state index in [1.165, 1.54) is 19.1 Å². The maximum Gasteiger partial charge on any atom is 0.295 e. The van der Waals surface area contributed by atoms with Gasteiger partial charge in [-0.1, -0.05) is 42.5 Å². The van der Waals surface area contributed by atoms with Gasteiger partial charge in [-0.05, 0) is 41.0 Å². The van der Waals surface area contributed by atoms with Gasteiger partial charge in [-0.25, -0.2) is 0 Å². The normalized spacial score (nSPS) is 17.4. The van der Waals surface area contributed by atoms with Gasteiger partial charge in [0.25, 0.3) is 11.7 Å². The predicted molar refractivity (Wildman–Crippen MR) is 129 cm³/mol. The number of carbonyl (C=O) groups excluding carboxylic acids is 2. The molecule has 1 saturated heterocycles. The van der Waals surface area contributed by atoms with E-state index in [0.717, 1.165) is 16.3 Å². The summed E-state index contributed by atoms with van der Waals surface area (Å²) in [4.78, 5) is 28.0. The van der Waals surface area contributed by atoms with Gasteiger partial charge in [0.05, 0.1) is 31.4 Å². The SMILES string of the molecule is COCCCN1C(=O)C(=O)/C(=C(/O)c2cc(OC)ccc2OC)C1c1cccc2ccccc12. The number of methoxy groups -OCH3 is 3. The Balaban J connectivity index is 1.96. The average molecular weight is 462 g/mol. The molecule has 3 aromatic rings. The fourth-order valence-electron chi connectivity index (χ4n) is 4.45. The zero-order valence-corrected chi connectivity index (χ0v) is 19.4. The lowest BCUT2D eigenvalue weighted by Gasteiger charge is -2.26. The second-order valence-electron chi connectivity index (χ2n) is 7.97. The van der Waals surface area contributed by atoms with Gasteiger partial charge in [0.2, 0.25) is 0 Å². The number of rotatable bonds is 8. The van der Waals surface area contributed by atoms with E-state index in [1.54, 1.807) is 25.3 Å². The molecule has 0 saturated carbocycles. The van der Waals surface area contributed by atoms with Gasteiger partial charge in [-0.15, -0.1) is 0 Å². The first-order valence-electron chi connectivity index (χ1n) is 11.0. The van der Waals surface area contributed by atoms with E-state index in [0.29, 0.717) is 31.1 Å². The number of ketones is 1. The second-order valence-corrected chi connectivity index (χ2v) is 7.97. The van der Waals surface area contributed by atoms with Gasteiger partial charge in [-0.3, -0.25) is 9.59 Å². The summed E-state index contributed by atoms with van der Waals surface area (Å²) < 4.78 is 15.9. The third-order valence-electron chi connectivity index (χ3n) is 6.07. The summed E-state index contributed by atoms with van der Waals surface area (Å²) >= 11 is 0. The van der Waals surface area contributed by atoms with Crippen LogP contribution in [0.15, 0.2) is 66.2 Å². The Bertz CT molecular complexity index is 1260. The molecule has 7 heteroatoms. The van der Waals surface area contributed by atoms with Crippen molar-refractivity contribution in [3.63, 3.8) is 0 Å². The van der Waals surface area contributed by atoms with E-state index < -0.39 is 17.7 Å². The molecular weight excluding hydrogens is 434 g/mol. The number of hydrogen-bond acceptors (Lipinski definition) is 6. The van der Waals surface area contributed by atoms with Crippen molar-refractivity contribution in [3.05, 3.63) is 77.4 Å². The van der Waals surface area contributed by atoms with E-state index in [4.69, 9.17) is 14.2 Å². The molecule has 34 heavy (non-hydrogen) atoms. The molecule has 1 aliphatic heterocycles. The molecule has 4 rings (SSSR count). The molecule has 3 aromatic carbocycles. The van der Waals surface area contributed by atoms with Crippen molar-refractivity contribution in [2.24, 2.45) is 0 Å². The Labute approximate surface area is 198 Å². The van der Waals surface area contributed by atoms with Crippen LogP contribution in [0.5, 0.6) is 11.5 Å². The van der Waals surface area contributed by atoms with Crippen molar-refractivity contribution in [1.82, 2.24) is 4.90 Å². The minimum atomic E-state index is -0.765. The van der Waals surface area contributed by atoms with Crippen LogP contribution in [0.25, 0.3) is 16.5 Å². The number of carbonyl (C=O) groups is 2. The van der Waals surface area contributed by atoms with Crippen molar-refractivity contribution < 1.29 is 28.9 Å². The van der Waals surface area contributed by atoms with Gasteiger partial charge < -0.3 is 24.2 Å². The van der Waals surface area contributed by atoms with Crippen molar-refractivity contribution in [3.8, 4) is 11.5 Å². The lowest BCUT2D eigenvalue weighted by Crippen LogP contribution is -2.31. The third kappa shape index (κ3) is 4.10. The predicted octanol–water partition coefficient (Wildman–Crippen LogP) is 4.32. The summed E-state index contributed by atoms with van der Waals surface area (Å²) in [6.45, 7) is 0.743. The van der Waals surface area contributed by atoms with Crippen LogP contribution < -0.4 is 9.47 Å². The molecule has 0 radical (unpaired) electrons. The molecule has 1 heterocycles. The number of likely N-dealkylation sites (tertiary alicyclic amines) is 1. The van der Waals surface area contributed by atoms with Crippen molar-refractivity contribution >= 4 is 28.2 Å². The van der Waals surface area contributed by atoms with Gasteiger partial charge in [-0.2, -0.15) is 0 Å². The number of aliphatic hydroxyl groups is 1. The van der Waals surface area contributed by atoms with Crippen LogP contribution in [-0.2, 0) is 14.3 Å². The summed E-state index contributed by atoms with van der Waals surface area (Å²) in [5.74, 6) is -0.851. The minimum Gasteiger partial charge on any atom is -0.507 e. The number of hydrogen-bond donors (Lipinski definition) is 1. The zero-order valence-electron chi connectivity index (χ0n) is 19.4. The van der Waals surface area contributed by atoms with Gasteiger partial charge in [0, 0.05) is 20.3 Å². The van der Waals surface area contributed by atoms with E-state index in [2.05, 4.69) is 0 Å². The first kappa shape index (κ1) is 23.3. The number of ether oxygens (including phenoxy) is 3. The maximum absolute atomic E-state index is 13.3. The van der Waals surface area contributed by atoms with Gasteiger partial charge >= 0.3 is 0 Å². The van der Waals surface area contributed by atoms with Gasteiger partial charge in [0.15, 0.2) is 0 Å². The molecule has 7 nitrogen and oxygen atoms in total. The summed E-state index contributed by atoms with van der Waals surface area (Å²) in [7, 11) is 4.58. The fraction of sp³-hybridized carbons (Fsp3) is 0.259. The first-order chi connectivity index (χ1) is 16.5. The lowest BCUT2D eigenvalue weighted by molar-refractivity contribution is -0.140. The Morgan fingerprint density at radius 2 is 1.74 bits per heavy atom. The molecule has 1 amide bonds. The number of nitrogens with zero attached hydrogens (tertiary/aromatic N) is 1. The Kier molecular flexibility index (Phi) is 6.84. The van der Waals surface area contributed by atoms with Crippen LogP contribution in [0.3, 0.4) is 0 Å². The average Bonchev–Trinajstić information content (AvgIpc) is 3.12. The van der Waals surface area contributed by atoms with Gasteiger partial charge in [0.1, 0.15) is 17.3 Å². The minimum absolute atomic E-state index is 0.0188. The Morgan fingerprint density at radius 1 is 0.971 bits per heavy atom. The van der Waals surface area contributed by atoms with Crippen LogP contribution in [0.4, 0.5) is 0 Å². The highest BCUT2D eigenvalue weighted by molar-refractivity contribution is 6.46. The Morgan fingerprint density at radius 3 is 2.47 bits per heavy atom. The molecule has 0 aliphatic carbocycles. The lowest BCUT2D eigenvalue weighted by atomic mass is 9.91. The monoisotopic (exact) mass is 461 g/mol. The van der Waals surface area contributed by atoms with Crippen LogP contribution in [-0.4, -0.2) is 56.2 Å². The van der Waals surface area contributed by atoms with Crippen LogP contribution in [0.1, 0.15) is 23.6 Å². The highest BCUT2D eigenvalue weighted by atomic mass is 16.5. The summed E-state index contributed by atoms with van der Waals surface area (Å²) in [5.41, 5.74) is 1.06. The highest BCUT2D eigenvalue weighted by Crippen LogP contribution is 2.43. The van der Waals surface area contributed by atoms with Crippen LogP contribution >= 0.6 is 0 Å². The molecule has 0 aromatic heterocycles. The first-order valence-corrected chi connectivity index (χ1v) is 11.0. The Hall–Kier alpha value is -3.84. The highest BCUT2D eigenvalue weighted by Gasteiger charge is 2.46. The number of benzene rings is 3. The van der Waals surface area contributed by atoms with Crippen molar-refractivity contribution in [1.29, 1.82) is 0 Å². The molecule has 0 bridgehead atoms. The number of Topliss-reactive ketones (excluding diaryl/α,β-unsaturated/α-hetero) is 1. The largest absolute Gasteiger partial charge is 0.507 e. The number of fused-ring (bicyclic) bond motifs is 1. The quantitative estimate of drug-likeness (QED) is 0.233. The number of aliphatic hydroxyl groups excluding tert-OH is 1. The summed E-state index contributed by atoms with van der Waals surface area (Å²) in [5, 5.41) is 13.3. The van der Waals surface area contributed by atoms with E-state index >= 15 is 0 Å². The van der Waals surface area contributed by atoms with E-state index in [9.17, 15) is 14.7 Å². The molecule has 1 unspecified atom stereocenters. The van der Waals surface area contributed by atoms with Crippen LogP contribution in [0, 0.1) is 0 Å². The standard InChI is InChI=1S/C27H27NO6/c1-32-15-7-14-28-24(20-11-6-9-17-8-4-5-10-19(17)20)23(26(30)27(28)31)25(29)21-16-18(33-2)12-13-22(21)34-3/h4-6,8-13,16,24,29H,7,14-15H2,1-3H3/b25-23+. The molecule has 1 aliphatic rings. The second kappa shape index (κ2) is 9.97. The summed E-state index contributed by atoms with van der Waals surface area (Å²) in [6, 6.07) is 17.7. The molecule has 1 fully saturated rings. The topological polar surface area (TPSA) is 85.3 Å². The fourth-order valence-corrected chi connectivity index (χ4v) is 4.45. The molecule has 0 spiro atoms. The zero-order chi connectivity index (χ0) is 24.2. The molecular formula is C27H27NO6. The number of amides is 1. The van der Waals surface area contributed by atoms with E-state index in [1.807, 2.05) is 42.5 Å². The van der Waals surface area contributed by atoms with E-state index in [-0.39, 0.29) is 16.9 Å². The maximum atomic E-state index is 13.3. The molecule has 176 valence electrons. The molecule has 1 atom stereocenters. The summed E-state index contributed by atoms with van der Waals surface area (Å²) in [6.07, 6.45) is 0.549.